The molecule has 22 heteroatoms. The molecule has 342 valence electrons. The molecule has 0 spiro atoms. The van der Waals surface area contributed by atoms with Gasteiger partial charge >= 0.3 is 7.12 Å². The molecule has 3 aliphatic heterocycles. The molecular weight excluding hydrogens is 903 g/mol. The summed E-state index contributed by atoms with van der Waals surface area (Å²) in [6.45, 7) is 17.3. The Labute approximate surface area is 393 Å². The molecule has 3 aliphatic rings. The second kappa shape index (κ2) is 18.8. The van der Waals surface area contributed by atoms with Crippen LogP contribution in [-0.4, -0.2) is 122 Å². The van der Waals surface area contributed by atoms with E-state index in [2.05, 4.69) is 45.6 Å². The molecule has 0 bridgehead atoms. The van der Waals surface area contributed by atoms with Crippen LogP contribution in [0.3, 0.4) is 0 Å². The number of halogens is 1. The average Bonchev–Trinajstić information content (AvgIpc) is 4.14. The highest BCUT2D eigenvalue weighted by molar-refractivity contribution is 7.22. The number of benzene rings is 2. The number of carbonyl (C=O) groups excluding carboxylic acids is 2. The van der Waals surface area contributed by atoms with Crippen molar-refractivity contribution in [2.75, 3.05) is 73.0 Å². The summed E-state index contributed by atoms with van der Waals surface area (Å²) in [5.41, 5.74) is 4.81. The molecule has 0 unspecified atom stereocenters. The first-order chi connectivity index (χ1) is 31.7. The van der Waals surface area contributed by atoms with E-state index in [-0.39, 0.29) is 35.4 Å². The summed E-state index contributed by atoms with van der Waals surface area (Å²) in [7, 11) is -0.388. The molecule has 0 radical (unpaired) electrons. The predicted molar refractivity (Wildman–Crippen MR) is 260 cm³/mol. The van der Waals surface area contributed by atoms with Gasteiger partial charge in [-0.2, -0.15) is 4.98 Å². The fourth-order valence-corrected chi connectivity index (χ4v) is 9.56. The van der Waals surface area contributed by atoms with Crippen LogP contribution in [0.1, 0.15) is 41.5 Å². The van der Waals surface area contributed by atoms with Crippen LogP contribution in [-0.2, 0) is 28.4 Å². The van der Waals surface area contributed by atoms with Gasteiger partial charge in [0.1, 0.15) is 11.0 Å². The number of nitrogens with one attached hydrogen (secondary N) is 2. The molecule has 3 saturated heterocycles. The van der Waals surface area contributed by atoms with Gasteiger partial charge in [0.05, 0.1) is 58.1 Å². The molecule has 2 N–H and O–H groups in total. The monoisotopic (exact) mass is 950 g/mol. The van der Waals surface area contributed by atoms with Crippen molar-refractivity contribution in [2.24, 2.45) is 0 Å². The maximum Gasteiger partial charge on any atom is 0.494 e. The highest BCUT2D eigenvalue weighted by Gasteiger charge is 2.51. The minimum atomic E-state index is -0.388. The summed E-state index contributed by atoms with van der Waals surface area (Å²) in [6.07, 6.45) is 3.80. The maximum atomic E-state index is 11.3. The molecule has 11 rings (SSSR count). The highest BCUT2D eigenvalue weighted by Crippen LogP contribution is 2.37. The lowest BCUT2D eigenvalue weighted by atomic mass is 9.79. The number of hydrogen-bond donors (Lipinski definition) is 2. The fraction of sp³-hybridized carbons (Fsp3) is 0.364. The fourth-order valence-electron chi connectivity index (χ4n) is 7.49. The third-order valence-corrected chi connectivity index (χ3v) is 13.5. The number of aromatic nitrogens is 8. The van der Waals surface area contributed by atoms with Gasteiger partial charge in [0.2, 0.25) is 17.1 Å². The van der Waals surface area contributed by atoms with Crippen molar-refractivity contribution in [1.82, 2.24) is 39.2 Å². The first kappa shape index (κ1) is 45.4. The Balaban J connectivity index is 0.000000129. The normalized spacial score (nSPS) is 16.9. The van der Waals surface area contributed by atoms with Crippen LogP contribution in [0, 0.1) is 0 Å². The number of fused-ring (bicyclic) bond motifs is 4. The number of ether oxygens (including phenoxy) is 2. The molecule has 2 aromatic carbocycles. The molecule has 8 aromatic rings. The molecule has 0 saturated carbocycles. The number of carbonyl (C=O) groups is 2. The Bertz CT molecular complexity index is 3040. The quantitative estimate of drug-likeness (QED) is 0.170. The summed E-state index contributed by atoms with van der Waals surface area (Å²) in [6, 6.07) is 19.7. The lowest BCUT2D eigenvalue weighted by Gasteiger charge is -2.32. The van der Waals surface area contributed by atoms with Crippen LogP contribution < -0.4 is 25.9 Å². The van der Waals surface area contributed by atoms with Gasteiger partial charge < -0.3 is 39.2 Å². The number of hydrogen-bond acceptors (Lipinski definition) is 16. The third kappa shape index (κ3) is 9.83. The van der Waals surface area contributed by atoms with E-state index in [1.807, 2.05) is 105 Å². The van der Waals surface area contributed by atoms with E-state index in [0.717, 1.165) is 93.5 Å². The molecule has 3 fully saturated rings. The minimum absolute atomic E-state index is 0.120. The Morgan fingerprint density at radius 3 is 1.71 bits per heavy atom. The smallest absolute Gasteiger partial charge is 0.399 e. The van der Waals surface area contributed by atoms with Crippen molar-refractivity contribution < 1.29 is 28.4 Å². The summed E-state index contributed by atoms with van der Waals surface area (Å²) in [5, 5.41) is 15.7. The summed E-state index contributed by atoms with van der Waals surface area (Å²) in [4.78, 5) is 44.8. The van der Waals surface area contributed by atoms with Crippen molar-refractivity contribution >= 4 is 112 Å². The molecule has 0 atom stereocenters. The zero-order chi connectivity index (χ0) is 46.2. The first-order valence-corrected chi connectivity index (χ1v) is 23.4. The van der Waals surface area contributed by atoms with E-state index >= 15 is 0 Å². The molecule has 18 nitrogen and oxygen atoms in total. The van der Waals surface area contributed by atoms with Crippen molar-refractivity contribution in [3.63, 3.8) is 0 Å². The minimum Gasteiger partial charge on any atom is -0.399 e. The van der Waals surface area contributed by atoms with Crippen molar-refractivity contribution in [3.05, 3.63) is 78.3 Å². The van der Waals surface area contributed by atoms with E-state index < -0.39 is 0 Å². The predicted octanol–water partition coefficient (Wildman–Crippen LogP) is 6.57. The number of rotatable bonds is 6. The number of anilines is 4. The Hall–Kier alpha value is -5.81. The van der Waals surface area contributed by atoms with Crippen LogP contribution in [0.2, 0.25) is 5.28 Å². The van der Waals surface area contributed by atoms with Crippen LogP contribution in [0.25, 0.3) is 42.9 Å². The summed E-state index contributed by atoms with van der Waals surface area (Å²) in [5.74, 6) is 2.21. The number of thiazole rings is 2. The maximum absolute atomic E-state index is 11.3. The summed E-state index contributed by atoms with van der Waals surface area (Å²) >= 11 is 8.78. The Kier molecular flexibility index (Phi) is 12.9. The van der Waals surface area contributed by atoms with Gasteiger partial charge in [0, 0.05) is 58.0 Å². The number of nitrogens with zero attached hydrogens (tertiary/aromatic N) is 10. The first-order valence-electron chi connectivity index (χ1n) is 21.4. The topological polar surface area (TPSA) is 188 Å². The van der Waals surface area contributed by atoms with Crippen LogP contribution in [0.4, 0.5) is 21.9 Å². The zero-order valence-electron chi connectivity index (χ0n) is 37.3. The van der Waals surface area contributed by atoms with Gasteiger partial charge in [0.15, 0.2) is 27.7 Å². The van der Waals surface area contributed by atoms with Crippen LogP contribution >= 0.6 is 34.3 Å². The molecule has 9 heterocycles. The van der Waals surface area contributed by atoms with Crippen LogP contribution in [0.15, 0.2) is 73.1 Å². The van der Waals surface area contributed by atoms with Gasteiger partial charge in [-0.15, -0.1) is 10.2 Å². The lowest BCUT2D eigenvalue weighted by molar-refractivity contribution is -0.115. The molecular formula is C44H48BClN12O6S2. The highest BCUT2D eigenvalue weighted by atomic mass is 35.5. The standard InChI is InChI=1S/C19H18N6O2S.C15H19BN2O3S.C10H11ClN4O/c1-12(26)20-19-21-14-5-4-13(11-16(14)28-19)17-22-18(24-7-9-27-10-8-24)15-3-2-6-25(15)23-17;1-9(19)17-13-18-11-7-6-10(8-12(11)22-13)16-20-14(2,3)15(4,5)21-16;11-10-12-9(14-4-6-16-7-5-14)8-2-1-3-15(8)13-10/h2-6,11H,7-10H2,1H3,(H,20,21,26);6-8H,1-5H3,(H,17,18,19);1-3H,4-7H2. The van der Waals surface area contributed by atoms with Crippen molar-refractivity contribution in [2.45, 2.75) is 52.7 Å². The Morgan fingerprint density at radius 1 is 0.667 bits per heavy atom. The van der Waals surface area contributed by atoms with Crippen molar-refractivity contribution in [1.29, 1.82) is 0 Å². The second-order valence-corrected chi connectivity index (χ2v) is 19.1. The third-order valence-electron chi connectivity index (χ3n) is 11.5. The van der Waals surface area contributed by atoms with E-state index in [4.69, 9.17) is 35.4 Å². The lowest BCUT2D eigenvalue weighted by Crippen LogP contribution is -2.41. The largest absolute Gasteiger partial charge is 0.494 e. The van der Waals surface area contributed by atoms with Gasteiger partial charge in [-0.3, -0.25) is 9.59 Å². The SMILES string of the molecule is CC(=O)Nc1nc2ccc(-c3nc(N4CCOCC4)c4cccn4n3)cc2s1.CC(=O)Nc1nc2ccc(B3OC(C)(C)C(C)(C)O3)cc2s1.Clc1nc(N2CCOCC2)c2cccn2n1. The Morgan fingerprint density at radius 2 is 1.17 bits per heavy atom. The van der Waals surface area contributed by atoms with Gasteiger partial charge in [0.25, 0.3) is 0 Å². The molecule has 66 heavy (non-hydrogen) atoms. The van der Waals surface area contributed by atoms with E-state index in [1.54, 1.807) is 4.52 Å². The van der Waals surface area contributed by atoms with Gasteiger partial charge in [-0.05, 0) is 99.4 Å². The van der Waals surface area contributed by atoms with E-state index in [0.29, 0.717) is 29.3 Å². The average molecular weight is 951 g/mol. The second-order valence-electron chi connectivity index (χ2n) is 16.7. The molecule has 2 amide bonds. The summed E-state index contributed by atoms with van der Waals surface area (Å²) < 4.78 is 28.5. The molecule has 6 aromatic heterocycles. The zero-order valence-corrected chi connectivity index (χ0v) is 39.7. The molecule has 0 aliphatic carbocycles. The van der Waals surface area contributed by atoms with E-state index in [1.165, 1.54) is 36.5 Å². The van der Waals surface area contributed by atoms with Crippen molar-refractivity contribution in [3.8, 4) is 11.4 Å². The van der Waals surface area contributed by atoms with Gasteiger partial charge in [-0.1, -0.05) is 28.7 Å². The number of morpholine rings is 2. The van der Waals surface area contributed by atoms with E-state index in [9.17, 15) is 9.59 Å². The van der Waals surface area contributed by atoms with Crippen LogP contribution in [0.5, 0.6) is 0 Å². The van der Waals surface area contributed by atoms with Gasteiger partial charge in [-0.25, -0.2) is 24.0 Å². The number of amides is 2.